The summed E-state index contributed by atoms with van der Waals surface area (Å²) in [6.07, 6.45) is -3.73. The summed E-state index contributed by atoms with van der Waals surface area (Å²) in [4.78, 5) is 0. The summed E-state index contributed by atoms with van der Waals surface area (Å²) in [6.45, 7) is 3.15. The molecule has 1 aromatic carbocycles. The average molecular weight is 277 g/mol. The first kappa shape index (κ1) is 15.8. The molecule has 0 aliphatic heterocycles. The van der Waals surface area contributed by atoms with Gasteiger partial charge in [0.15, 0.2) is 0 Å². The van der Waals surface area contributed by atoms with Gasteiger partial charge in [-0.15, -0.1) is 13.2 Å². The summed E-state index contributed by atoms with van der Waals surface area (Å²) in [5, 5.41) is 3.06. The van der Waals surface area contributed by atoms with E-state index >= 15 is 0 Å². The Kier molecular flexibility index (Phi) is 6.11. The Morgan fingerprint density at radius 1 is 1.21 bits per heavy atom. The molecular formula is C13H18F3NO2. The van der Waals surface area contributed by atoms with Crippen LogP contribution in [0, 0.1) is 0 Å². The second-order valence-corrected chi connectivity index (χ2v) is 4.03. The number of likely N-dealkylation sites (N-methyl/N-ethyl adjacent to an activating group) is 1. The predicted molar refractivity (Wildman–Crippen MR) is 66.0 cm³/mol. The first-order valence-electron chi connectivity index (χ1n) is 6.07. The smallest absolute Gasteiger partial charge is 0.406 e. The zero-order chi connectivity index (χ0) is 14.3. The molecule has 0 heterocycles. The first-order chi connectivity index (χ1) is 8.96. The van der Waals surface area contributed by atoms with Crippen LogP contribution < -0.4 is 10.1 Å². The quantitative estimate of drug-likeness (QED) is 0.776. The minimum Gasteiger partial charge on any atom is -0.406 e. The molecule has 6 heteroatoms. The Morgan fingerprint density at radius 3 is 2.32 bits per heavy atom. The molecule has 0 amide bonds. The topological polar surface area (TPSA) is 30.5 Å². The summed E-state index contributed by atoms with van der Waals surface area (Å²) in [5.74, 6) is -0.222. The van der Waals surface area contributed by atoms with Crippen LogP contribution in [0.2, 0.25) is 0 Å². The summed E-state index contributed by atoms with van der Waals surface area (Å²) in [7, 11) is 1.78. The van der Waals surface area contributed by atoms with Crippen molar-refractivity contribution in [2.24, 2.45) is 0 Å². The standard InChI is InChI=1S/C13H18F3NO2/c1-3-8-18-9-12(17-2)10-4-6-11(7-5-10)19-13(14,15)16/h4-7,12,17H,3,8-9H2,1-2H3. The molecule has 3 nitrogen and oxygen atoms in total. The fraction of sp³-hybridized carbons (Fsp3) is 0.538. The Morgan fingerprint density at radius 2 is 1.84 bits per heavy atom. The van der Waals surface area contributed by atoms with Crippen molar-refractivity contribution in [1.82, 2.24) is 5.32 Å². The molecule has 1 unspecified atom stereocenters. The summed E-state index contributed by atoms with van der Waals surface area (Å²) >= 11 is 0. The lowest BCUT2D eigenvalue weighted by Gasteiger charge is -2.17. The third-order valence-electron chi connectivity index (χ3n) is 2.50. The minimum absolute atomic E-state index is 0.0495. The normalized spacial score (nSPS) is 13.3. The first-order valence-corrected chi connectivity index (χ1v) is 6.07. The lowest BCUT2D eigenvalue weighted by Crippen LogP contribution is -2.22. The highest BCUT2D eigenvalue weighted by Crippen LogP contribution is 2.24. The van der Waals surface area contributed by atoms with Crippen molar-refractivity contribution in [2.45, 2.75) is 25.7 Å². The molecule has 0 aliphatic rings. The average Bonchev–Trinajstić information content (AvgIpc) is 2.34. The Labute approximate surface area is 110 Å². The molecular weight excluding hydrogens is 259 g/mol. The van der Waals surface area contributed by atoms with Crippen molar-refractivity contribution < 1.29 is 22.6 Å². The van der Waals surface area contributed by atoms with Gasteiger partial charge < -0.3 is 14.8 Å². The largest absolute Gasteiger partial charge is 0.573 e. The van der Waals surface area contributed by atoms with Gasteiger partial charge in [0.1, 0.15) is 5.75 Å². The van der Waals surface area contributed by atoms with E-state index < -0.39 is 6.36 Å². The molecule has 1 aromatic rings. The lowest BCUT2D eigenvalue weighted by molar-refractivity contribution is -0.274. The van der Waals surface area contributed by atoms with E-state index in [0.29, 0.717) is 13.2 Å². The van der Waals surface area contributed by atoms with Gasteiger partial charge in [-0.3, -0.25) is 0 Å². The molecule has 0 bridgehead atoms. The molecule has 19 heavy (non-hydrogen) atoms. The van der Waals surface area contributed by atoms with E-state index in [9.17, 15) is 13.2 Å². The Hall–Kier alpha value is -1.27. The molecule has 1 N–H and O–H groups in total. The fourth-order valence-electron chi connectivity index (χ4n) is 1.59. The lowest BCUT2D eigenvalue weighted by atomic mass is 10.1. The van der Waals surface area contributed by atoms with Crippen molar-refractivity contribution >= 4 is 0 Å². The molecule has 108 valence electrons. The van der Waals surface area contributed by atoms with Crippen LogP contribution in [0.4, 0.5) is 13.2 Å². The summed E-state index contributed by atoms with van der Waals surface area (Å²) in [6, 6.07) is 5.74. The second-order valence-electron chi connectivity index (χ2n) is 4.03. The van der Waals surface area contributed by atoms with Crippen LogP contribution >= 0.6 is 0 Å². The van der Waals surface area contributed by atoms with Crippen molar-refractivity contribution in [1.29, 1.82) is 0 Å². The molecule has 0 spiro atoms. The highest BCUT2D eigenvalue weighted by molar-refractivity contribution is 5.29. The number of alkyl halides is 3. The number of hydrogen-bond acceptors (Lipinski definition) is 3. The summed E-state index contributed by atoms with van der Waals surface area (Å²) in [5.41, 5.74) is 0.855. The van der Waals surface area contributed by atoms with Crippen LogP contribution in [0.3, 0.4) is 0 Å². The van der Waals surface area contributed by atoms with E-state index in [-0.39, 0.29) is 11.8 Å². The van der Waals surface area contributed by atoms with Gasteiger partial charge in [-0.2, -0.15) is 0 Å². The monoisotopic (exact) mass is 277 g/mol. The second kappa shape index (κ2) is 7.35. The van der Waals surface area contributed by atoms with Gasteiger partial charge in [0.2, 0.25) is 0 Å². The minimum atomic E-state index is -4.66. The molecule has 0 saturated carbocycles. The van der Waals surface area contributed by atoms with Gasteiger partial charge in [-0.25, -0.2) is 0 Å². The van der Waals surface area contributed by atoms with Crippen molar-refractivity contribution in [3.8, 4) is 5.75 Å². The summed E-state index contributed by atoms with van der Waals surface area (Å²) < 4.78 is 45.3. The number of hydrogen-bond donors (Lipinski definition) is 1. The van der Waals surface area contributed by atoms with E-state index in [1.807, 2.05) is 6.92 Å². The highest BCUT2D eigenvalue weighted by atomic mass is 19.4. The molecule has 0 fully saturated rings. The highest BCUT2D eigenvalue weighted by Gasteiger charge is 2.31. The number of nitrogens with one attached hydrogen (secondary N) is 1. The van der Waals surface area contributed by atoms with Gasteiger partial charge in [0.25, 0.3) is 0 Å². The van der Waals surface area contributed by atoms with Gasteiger partial charge >= 0.3 is 6.36 Å². The van der Waals surface area contributed by atoms with Crippen LogP contribution in [0.25, 0.3) is 0 Å². The van der Waals surface area contributed by atoms with Crippen molar-refractivity contribution in [3.63, 3.8) is 0 Å². The maximum Gasteiger partial charge on any atom is 0.573 e. The van der Waals surface area contributed by atoms with Crippen LogP contribution in [-0.2, 0) is 4.74 Å². The van der Waals surface area contributed by atoms with Gasteiger partial charge in [0.05, 0.1) is 12.6 Å². The SMILES string of the molecule is CCCOCC(NC)c1ccc(OC(F)(F)F)cc1. The fourth-order valence-corrected chi connectivity index (χ4v) is 1.59. The van der Waals surface area contributed by atoms with Crippen LogP contribution in [0.15, 0.2) is 24.3 Å². The van der Waals surface area contributed by atoms with Crippen LogP contribution in [0.5, 0.6) is 5.75 Å². The Balaban J connectivity index is 2.62. The number of rotatable bonds is 7. The maximum atomic E-state index is 12.0. The third kappa shape index (κ3) is 5.94. The van der Waals surface area contributed by atoms with Crippen molar-refractivity contribution in [3.05, 3.63) is 29.8 Å². The molecule has 0 aromatic heterocycles. The van der Waals surface area contributed by atoms with E-state index in [1.54, 1.807) is 19.2 Å². The van der Waals surface area contributed by atoms with E-state index in [2.05, 4.69) is 10.1 Å². The van der Waals surface area contributed by atoms with Crippen LogP contribution in [-0.4, -0.2) is 26.6 Å². The van der Waals surface area contributed by atoms with Crippen LogP contribution in [0.1, 0.15) is 24.9 Å². The number of benzene rings is 1. The Bertz CT molecular complexity index is 365. The zero-order valence-corrected chi connectivity index (χ0v) is 11.0. The molecule has 1 rings (SSSR count). The van der Waals surface area contributed by atoms with Gasteiger partial charge in [-0.1, -0.05) is 19.1 Å². The van der Waals surface area contributed by atoms with Gasteiger partial charge in [0, 0.05) is 6.61 Å². The third-order valence-corrected chi connectivity index (χ3v) is 2.50. The van der Waals surface area contributed by atoms with Gasteiger partial charge in [-0.05, 0) is 31.2 Å². The zero-order valence-electron chi connectivity index (χ0n) is 11.0. The van der Waals surface area contributed by atoms with Crippen molar-refractivity contribution in [2.75, 3.05) is 20.3 Å². The molecule has 0 radical (unpaired) electrons. The molecule has 1 atom stereocenters. The van der Waals surface area contributed by atoms with E-state index in [0.717, 1.165) is 12.0 Å². The van der Waals surface area contributed by atoms with E-state index in [4.69, 9.17) is 4.74 Å². The van der Waals surface area contributed by atoms with E-state index in [1.165, 1.54) is 12.1 Å². The predicted octanol–water partition coefficient (Wildman–Crippen LogP) is 3.27. The number of halogens is 3. The maximum absolute atomic E-state index is 12.0. The number of ether oxygens (including phenoxy) is 2. The molecule has 0 aliphatic carbocycles. The molecule has 0 saturated heterocycles.